The van der Waals surface area contributed by atoms with Crippen molar-refractivity contribution in [3.05, 3.63) is 52.3 Å². The molecule has 10 nitrogen and oxygen atoms in total. The number of rotatable bonds is 6. The first-order chi connectivity index (χ1) is 18.8. The molecule has 2 aliphatic rings. The SMILES string of the molecule is CC(C)(C)OC(=O)N1CCN(c2ccncc2OC2CCC(Nc3ccc([N+](=O)[O-])c(C(F)(F)F)c3)CC2)CC1. The van der Waals surface area contributed by atoms with Gasteiger partial charge in [-0.1, -0.05) is 0 Å². The van der Waals surface area contributed by atoms with E-state index >= 15 is 0 Å². The molecule has 1 aromatic carbocycles. The van der Waals surface area contributed by atoms with E-state index in [0.29, 0.717) is 57.6 Å². The lowest BCUT2D eigenvalue weighted by Crippen LogP contribution is -2.50. The fourth-order valence-corrected chi connectivity index (χ4v) is 4.93. The van der Waals surface area contributed by atoms with Crippen LogP contribution in [0.15, 0.2) is 36.7 Å². The van der Waals surface area contributed by atoms with Gasteiger partial charge < -0.3 is 24.6 Å². The summed E-state index contributed by atoms with van der Waals surface area (Å²) in [5.41, 5.74) is -1.70. The molecule has 1 saturated heterocycles. The van der Waals surface area contributed by atoms with E-state index in [1.54, 1.807) is 17.3 Å². The van der Waals surface area contributed by atoms with E-state index in [-0.39, 0.29) is 23.9 Å². The van der Waals surface area contributed by atoms with Crippen LogP contribution in [-0.2, 0) is 10.9 Å². The maximum Gasteiger partial charge on any atom is 0.423 e. The molecule has 0 spiro atoms. The van der Waals surface area contributed by atoms with Crippen LogP contribution in [0.4, 0.5) is 35.0 Å². The van der Waals surface area contributed by atoms with Crippen molar-refractivity contribution in [2.75, 3.05) is 36.4 Å². The lowest BCUT2D eigenvalue weighted by Gasteiger charge is -2.37. The number of amides is 1. The summed E-state index contributed by atoms with van der Waals surface area (Å²) >= 11 is 0. The molecular weight excluding hydrogens is 531 g/mol. The Hall–Kier alpha value is -3.77. The summed E-state index contributed by atoms with van der Waals surface area (Å²) in [4.78, 5) is 30.4. The van der Waals surface area contributed by atoms with E-state index in [4.69, 9.17) is 9.47 Å². The fraction of sp³-hybridized carbons (Fsp3) is 0.556. The van der Waals surface area contributed by atoms with Crippen molar-refractivity contribution in [3.8, 4) is 5.75 Å². The van der Waals surface area contributed by atoms with Gasteiger partial charge in [0.2, 0.25) is 0 Å². The standard InChI is InChI=1S/C27H34F3N5O5/c1-26(2,3)40-25(36)34-14-12-33(13-15-34)23-10-11-31-17-24(23)39-20-7-4-18(5-8-20)32-19-6-9-22(35(37)38)21(16-19)27(28,29)30/h6,9-11,16-18,20,32H,4-5,7-8,12-15H2,1-3H3. The molecule has 0 radical (unpaired) electrons. The summed E-state index contributed by atoms with van der Waals surface area (Å²) in [7, 11) is 0. The summed E-state index contributed by atoms with van der Waals surface area (Å²) in [5.74, 6) is 0.648. The second-order valence-electron chi connectivity index (χ2n) is 11.0. The summed E-state index contributed by atoms with van der Waals surface area (Å²) in [5, 5.41) is 14.1. The third kappa shape index (κ3) is 7.45. The molecule has 1 N–H and O–H groups in total. The summed E-state index contributed by atoms with van der Waals surface area (Å²) in [6, 6.07) is 4.79. The average molecular weight is 566 g/mol. The van der Waals surface area contributed by atoms with Crippen LogP contribution in [0.25, 0.3) is 0 Å². The number of ether oxygens (including phenoxy) is 2. The third-order valence-electron chi connectivity index (χ3n) is 6.87. The molecular formula is C27H34F3N5O5. The number of benzene rings is 1. The molecule has 2 fully saturated rings. The Kier molecular flexibility index (Phi) is 8.59. The Labute approximate surface area is 230 Å². The number of piperazine rings is 1. The number of hydrogen-bond acceptors (Lipinski definition) is 8. The number of hydrogen-bond donors (Lipinski definition) is 1. The molecule has 0 unspecified atom stereocenters. The smallest absolute Gasteiger partial charge is 0.423 e. The number of nitrogens with one attached hydrogen (secondary N) is 1. The van der Waals surface area contributed by atoms with Gasteiger partial charge in [-0.05, 0) is 64.7 Å². The molecule has 0 bridgehead atoms. The minimum Gasteiger partial charge on any atom is -0.487 e. The molecule has 1 aromatic heterocycles. The van der Waals surface area contributed by atoms with Gasteiger partial charge in [0, 0.05) is 50.2 Å². The molecule has 2 aromatic rings. The van der Waals surface area contributed by atoms with Crippen LogP contribution >= 0.6 is 0 Å². The number of anilines is 2. The number of nitrogens with zero attached hydrogens (tertiary/aromatic N) is 4. The van der Waals surface area contributed by atoms with Crippen LogP contribution < -0.4 is 15.0 Å². The van der Waals surface area contributed by atoms with Crippen molar-refractivity contribution in [1.82, 2.24) is 9.88 Å². The van der Waals surface area contributed by atoms with Crippen LogP contribution in [0.3, 0.4) is 0 Å². The van der Waals surface area contributed by atoms with Gasteiger partial charge in [-0.25, -0.2) is 4.79 Å². The van der Waals surface area contributed by atoms with Crippen molar-refractivity contribution < 1.29 is 32.4 Å². The van der Waals surface area contributed by atoms with Gasteiger partial charge in [0.15, 0.2) is 5.75 Å². The summed E-state index contributed by atoms with van der Waals surface area (Å²) < 4.78 is 51.8. The van der Waals surface area contributed by atoms with Gasteiger partial charge in [0.1, 0.15) is 11.2 Å². The van der Waals surface area contributed by atoms with E-state index in [1.807, 2.05) is 26.8 Å². The third-order valence-corrected chi connectivity index (χ3v) is 6.87. The predicted octanol–water partition coefficient (Wildman–Crippen LogP) is 5.87. The van der Waals surface area contributed by atoms with Crippen LogP contribution in [0.1, 0.15) is 52.0 Å². The van der Waals surface area contributed by atoms with E-state index in [9.17, 15) is 28.1 Å². The van der Waals surface area contributed by atoms with Crippen LogP contribution in [0, 0.1) is 10.1 Å². The number of nitro benzene ring substituents is 1. The Morgan fingerprint density at radius 3 is 2.35 bits per heavy atom. The Bertz CT molecular complexity index is 1200. The number of halogens is 3. The number of alkyl halides is 3. The fourth-order valence-electron chi connectivity index (χ4n) is 4.93. The van der Waals surface area contributed by atoms with Crippen molar-refractivity contribution in [2.45, 2.75) is 70.4 Å². The molecule has 1 amide bonds. The second kappa shape index (κ2) is 11.8. The molecule has 1 saturated carbocycles. The topological polar surface area (TPSA) is 110 Å². The number of nitro groups is 1. The summed E-state index contributed by atoms with van der Waals surface area (Å²) in [6.07, 6.45) is 0.807. The lowest BCUT2D eigenvalue weighted by atomic mass is 9.92. The zero-order chi connectivity index (χ0) is 29.1. The maximum absolute atomic E-state index is 13.3. The monoisotopic (exact) mass is 565 g/mol. The van der Waals surface area contributed by atoms with Crippen LogP contribution in [-0.4, -0.2) is 64.8 Å². The highest BCUT2D eigenvalue weighted by atomic mass is 19.4. The maximum atomic E-state index is 13.3. The molecule has 0 atom stereocenters. The Morgan fingerprint density at radius 1 is 1.07 bits per heavy atom. The first-order valence-electron chi connectivity index (χ1n) is 13.3. The first kappa shape index (κ1) is 29.2. The van der Waals surface area contributed by atoms with Gasteiger partial charge in [0.25, 0.3) is 5.69 Å². The van der Waals surface area contributed by atoms with Crippen LogP contribution in [0.2, 0.25) is 0 Å². The van der Waals surface area contributed by atoms with Crippen molar-refractivity contribution in [3.63, 3.8) is 0 Å². The molecule has 40 heavy (non-hydrogen) atoms. The average Bonchev–Trinajstić information content (AvgIpc) is 2.89. The highest BCUT2D eigenvalue weighted by Gasteiger charge is 2.38. The minimum absolute atomic E-state index is 0.0864. The predicted molar refractivity (Wildman–Crippen MR) is 143 cm³/mol. The van der Waals surface area contributed by atoms with Gasteiger partial charge in [-0.2, -0.15) is 13.2 Å². The summed E-state index contributed by atoms with van der Waals surface area (Å²) in [6.45, 7) is 7.79. The van der Waals surface area contributed by atoms with Gasteiger partial charge in [-0.15, -0.1) is 0 Å². The van der Waals surface area contributed by atoms with Crippen molar-refractivity contribution in [1.29, 1.82) is 0 Å². The molecule has 4 rings (SSSR count). The second-order valence-corrected chi connectivity index (χ2v) is 11.0. The largest absolute Gasteiger partial charge is 0.487 e. The quantitative estimate of drug-likeness (QED) is 0.342. The Morgan fingerprint density at radius 2 is 1.75 bits per heavy atom. The minimum atomic E-state index is -4.82. The van der Waals surface area contributed by atoms with Crippen molar-refractivity contribution >= 4 is 23.2 Å². The molecule has 2 heterocycles. The number of carbonyl (C=O) groups excluding carboxylic acids is 1. The molecule has 1 aliphatic heterocycles. The molecule has 13 heteroatoms. The number of carbonyl (C=O) groups is 1. The molecule has 1 aliphatic carbocycles. The van der Waals surface area contributed by atoms with E-state index in [2.05, 4.69) is 15.2 Å². The van der Waals surface area contributed by atoms with Gasteiger partial charge in [0.05, 0.1) is 22.9 Å². The van der Waals surface area contributed by atoms with Crippen molar-refractivity contribution in [2.24, 2.45) is 0 Å². The van der Waals surface area contributed by atoms with Crippen LogP contribution in [0.5, 0.6) is 5.75 Å². The highest BCUT2D eigenvalue weighted by Crippen LogP contribution is 2.38. The number of aromatic nitrogens is 1. The zero-order valence-corrected chi connectivity index (χ0v) is 22.7. The van der Waals surface area contributed by atoms with Gasteiger partial charge >= 0.3 is 12.3 Å². The molecule has 218 valence electrons. The zero-order valence-electron chi connectivity index (χ0n) is 22.7. The van der Waals surface area contributed by atoms with Gasteiger partial charge in [-0.3, -0.25) is 15.1 Å². The highest BCUT2D eigenvalue weighted by molar-refractivity contribution is 5.69. The van der Waals surface area contributed by atoms with E-state index in [1.165, 1.54) is 6.07 Å². The first-order valence-corrected chi connectivity index (χ1v) is 13.3. The lowest BCUT2D eigenvalue weighted by molar-refractivity contribution is -0.388. The van der Waals surface area contributed by atoms with E-state index in [0.717, 1.165) is 17.8 Å². The normalized spacial score (nSPS) is 20.1. The van der Waals surface area contributed by atoms with E-state index < -0.39 is 28.0 Å². The Balaban J connectivity index is 1.32. The number of pyridine rings is 1.